The van der Waals surface area contributed by atoms with E-state index >= 15 is 0 Å². The van der Waals surface area contributed by atoms with E-state index < -0.39 is 5.82 Å². The van der Waals surface area contributed by atoms with Crippen LogP contribution in [0.2, 0.25) is 0 Å². The van der Waals surface area contributed by atoms with Gasteiger partial charge in [0, 0.05) is 11.6 Å². The Labute approximate surface area is 122 Å². The zero-order chi connectivity index (χ0) is 14.5. The normalized spacial score (nSPS) is 10.1. The number of thiocarbonyl (C=S) groups is 1. The number of hydrogen-bond donors (Lipinski definition) is 1. The average molecular weight is 291 g/mol. The quantitative estimate of drug-likeness (QED) is 0.854. The largest absolute Gasteiger partial charge is 0.494 e. The summed E-state index contributed by atoms with van der Waals surface area (Å²) in [7, 11) is 0. The van der Waals surface area contributed by atoms with Crippen molar-refractivity contribution in [1.29, 1.82) is 0 Å². The first-order chi connectivity index (χ1) is 9.60. The summed E-state index contributed by atoms with van der Waals surface area (Å²) in [6.45, 7) is 2.45. The van der Waals surface area contributed by atoms with E-state index in [9.17, 15) is 4.39 Å². The van der Waals surface area contributed by atoms with Crippen LogP contribution in [0.15, 0.2) is 42.5 Å². The summed E-state index contributed by atoms with van der Waals surface area (Å²) in [6, 6.07) is 11.4. The van der Waals surface area contributed by atoms with Crippen LogP contribution in [0.5, 0.6) is 17.2 Å². The van der Waals surface area contributed by atoms with Gasteiger partial charge in [0.15, 0.2) is 11.6 Å². The molecule has 0 bridgehead atoms. The van der Waals surface area contributed by atoms with E-state index in [0.29, 0.717) is 23.7 Å². The second kappa shape index (κ2) is 6.34. The summed E-state index contributed by atoms with van der Waals surface area (Å²) in [5.41, 5.74) is 5.91. The lowest BCUT2D eigenvalue weighted by molar-refractivity contribution is 0.337. The molecular formula is C15H14FNO2S. The van der Waals surface area contributed by atoms with E-state index in [4.69, 9.17) is 27.4 Å². The Morgan fingerprint density at radius 3 is 2.60 bits per heavy atom. The molecule has 0 aliphatic rings. The number of nitrogens with two attached hydrogens (primary N) is 1. The monoisotopic (exact) mass is 291 g/mol. The smallest absolute Gasteiger partial charge is 0.166 e. The first kappa shape index (κ1) is 14.3. The van der Waals surface area contributed by atoms with Crippen molar-refractivity contribution in [3.63, 3.8) is 0 Å². The van der Waals surface area contributed by atoms with Gasteiger partial charge in [0.1, 0.15) is 16.5 Å². The zero-order valence-corrected chi connectivity index (χ0v) is 11.7. The maximum absolute atomic E-state index is 13.9. The molecule has 0 aliphatic heterocycles. The van der Waals surface area contributed by atoms with Gasteiger partial charge in [-0.2, -0.15) is 0 Å². The van der Waals surface area contributed by atoms with Crippen molar-refractivity contribution in [2.45, 2.75) is 6.92 Å². The zero-order valence-electron chi connectivity index (χ0n) is 10.9. The van der Waals surface area contributed by atoms with Crippen molar-refractivity contribution < 1.29 is 13.9 Å². The lowest BCUT2D eigenvalue weighted by atomic mass is 10.2. The van der Waals surface area contributed by atoms with E-state index in [1.165, 1.54) is 12.1 Å². The standard InChI is InChI=1S/C15H14FNO2S/c1-2-18-11-4-3-5-12(9-11)19-14-7-6-10(15(17)20)8-13(14)16/h3-9H,2H2,1H3,(H2,17,20). The molecule has 0 atom stereocenters. The van der Waals surface area contributed by atoms with Crippen LogP contribution >= 0.6 is 12.2 Å². The van der Waals surface area contributed by atoms with Gasteiger partial charge in [-0.3, -0.25) is 0 Å². The topological polar surface area (TPSA) is 44.5 Å². The molecule has 0 aromatic heterocycles. The third-order valence-corrected chi connectivity index (χ3v) is 2.80. The van der Waals surface area contributed by atoms with Crippen LogP contribution in [-0.4, -0.2) is 11.6 Å². The molecule has 2 aromatic carbocycles. The maximum atomic E-state index is 13.9. The van der Waals surface area contributed by atoms with Crippen molar-refractivity contribution in [3.05, 3.63) is 53.8 Å². The van der Waals surface area contributed by atoms with Gasteiger partial charge in [-0.25, -0.2) is 4.39 Å². The van der Waals surface area contributed by atoms with Crippen LogP contribution in [0, 0.1) is 5.82 Å². The SMILES string of the molecule is CCOc1cccc(Oc2ccc(C(N)=S)cc2F)c1. The molecular weight excluding hydrogens is 277 g/mol. The van der Waals surface area contributed by atoms with Crippen LogP contribution in [0.3, 0.4) is 0 Å². The number of hydrogen-bond acceptors (Lipinski definition) is 3. The van der Waals surface area contributed by atoms with Crippen LogP contribution in [0.25, 0.3) is 0 Å². The molecule has 2 rings (SSSR count). The van der Waals surface area contributed by atoms with Gasteiger partial charge in [-0.05, 0) is 37.3 Å². The van der Waals surface area contributed by atoms with Crippen molar-refractivity contribution >= 4 is 17.2 Å². The van der Waals surface area contributed by atoms with Crippen LogP contribution < -0.4 is 15.2 Å². The summed E-state index contributed by atoms with van der Waals surface area (Å²) < 4.78 is 24.7. The highest BCUT2D eigenvalue weighted by molar-refractivity contribution is 7.80. The van der Waals surface area contributed by atoms with E-state index in [1.54, 1.807) is 24.3 Å². The van der Waals surface area contributed by atoms with Crippen LogP contribution in [0.1, 0.15) is 12.5 Å². The molecule has 0 spiro atoms. The number of ether oxygens (including phenoxy) is 2. The lowest BCUT2D eigenvalue weighted by Gasteiger charge is -2.09. The fraction of sp³-hybridized carbons (Fsp3) is 0.133. The summed E-state index contributed by atoms with van der Waals surface area (Å²) >= 11 is 4.79. The van der Waals surface area contributed by atoms with E-state index in [1.807, 2.05) is 13.0 Å². The molecule has 0 radical (unpaired) electrons. The van der Waals surface area contributed by atoms with Gasteiger partial charge in [0.25, 0.3) is 0 Å². The van der Waals surface area contributed by atoms with Crippen molar-refractivity contribution in [2.24, 2.45) is 5.73 Å². The molecule has 0 saturated heterocycles. The highest BCUT2D eigenvalue weighted by Gasteiger charge is 2.08. The predicted octanol–water partition coefficient (Wildman–Crippen LogP) is 3.65. The van der Waals surface area contributed by atoms with Gasteiger partial charge in [0.05, 0.1) is 6.61 Å². The summed E-state index contributed by atoms with van der Waals surface area (Å²) in [6.07, 6.45) is 0. The van der Waals surface area contributed by atoms with Gasteiger partial charge in [0.2, 0.25) is 0 Å². The molecule has 3 nitrogen and oxygen atoms in total. The fourth-order valence-corrected chi connectivity index (χ4v) is 1.78. The summed E-state index contributed by atoms with van der Waals surface area (Å²) in [5, 5.41) is 0. The number of halogens is 1. The molecule has 2 aromatic rings. The average Bonchev–Trinajstić information content (AvgIpc) is 2.42. The second-order valence-electron chi connectivity index (χ2n) is 4.02. The molecule has 0 saturated carbocycles. The third-order valence-electron chi connectivity index (χ3n) is 2.56. The molecule has 5 heteroatoms. The number of rotatable bonds is 5. The van der Waals surface area contributed by atoms with E-state index in [0.717, 1.165) is 0 Å². The minimum Gasteiger partial charge on any atom is -0.494 e. The highest BCUT2D eigenvalue weighted by Crippen LogP contribution is 2.27. The Morgan fingerprint density at radius 2 is 1.95 bits per heavy atom. The molecule has 0 amide bonds. The van der Waals surface area contributed by atoms with Gasteiger partial charge < -0.3 is 15.2 Å². The number of benzene rings is 2. The molecule has 20 heavy (non-hydrogen) atoms. The fourth-order valence-electron chi connectivity index (χ4n) is 1.66. The molecule has 0 heterocycles. The van der Waals surface area contributed by atoms with Crippen LogP contribution in [-0.2, 0) is 0 Å². The Morgan fingerprint density at radius 1 is 1.20 bits per heavy atom. The predicted molar refractivity (Wildman–Crippen MR) is 80.0 cm³/mol. The Hall–Kier alpha value is -2.14. The van der Waals surface area contributed by atoms with Crippen molar-refractivity contribution in [2.75, 3.05) is 6.61 Å². The van der Waals surface area contributed by atoms with Gasteiger partial charge >= 0.3 is 0 Å². The van der Waals surface area contributed by atoms with E-state index in [2.05, 4.69) is 0 Å². The first-order valence-electron chi connectivity index (χ1n) is 6.10. The lowest BCUT2D eigenvalue weighted by Crippen LogP contribution is -2.09. The minimum atomic E-state index is -0.517. The first-order valence-corrected chi connectivity index (χ1v) is 6.51. The highest BCUT2D eigenvalue weighted by atomic mass is 32.1. The van der Waals surface area contributed by atoms with Crippen molar-refractivity contribution in [1.82, 2.24) is 0 Å². The van der Waals surface area contributed by atoms with Gasteiger partial charge in [-0.15, -0.1) is 0 Å². The Bertz CT molecular complexity index is 631. The van der Waals surface area contributed by atoms with Crippen LogP contribution in [0.4, 0.5) is 4.39 Å². The van der Waals surface area contributed by atoms with Crippen molar-refractivity contribution in [3.8, 4) is 17.2 Å². The molecule has 2 N–H and O–H groups in total. The minimum absolute atomic E-state index is 0.110. The Balaban J connectivity index is 2.21. The Kier molecular flexibility index (Phi) is 4.53. The molecule has 104 valence electrons. The summed E-state index contributed by atoms with van der Waals surface area (Å²) in [4.78, 5) is 0.147. The molecule has 0 unspecified atom stereocenters. The van der Waals surface area contributed by atoms with E-state index in [-0.39, 0.29) is 10.7 Å². The van der Waals surface area contributed by atoms with Gasteiger partial charge in [-0.1, -0.05) is 18.3 Å². The third kappa shape index (κ3) is 3.45. The summed E-state index contributed by atoms with van der Waals surface area (Å²) in [5.74, 6) is 0.763. The second-order valence-corrected chi connectivity index (χ2v) is 4.46. The molecule has 0 fully saturated rings. The maximum Gasteiger partial charge on any atom is 0.166 e. The molecule has 0 aliphatic carbocycles.